The van der Waals surface area contributed by atoms with Gasteiger partial charge >= 0.3 is 0 Å². The molecule has 140 valence electrons. The molecule has 3 rings (SSSR count). The topological polar surface area (TPSA) is 146 Å². The zero-order valence-electron chi connectivity index (χ0n) is 14.4. The van der Waals surface area contributed by atoms with Crippen molar-refractivity contribution >= 4 is 29.0 Å². The number of halogens is 1. The molecule has 0 aliphatic carbocycles. The first-order valence-electron chi connectivity index (χ1n) is 7.63. The third-order valence-corrected chi connectivity index (χ3v) is 3.79. The number of carbonyl (C=O) groups excluding carboxylic acids is 1. The van der Waals surface area contributed by atoms with Crippen molar-refractivity contribution in [2.24, 2.45) is 5.10 Å². The Morgan fingerprint density at radius 3 is 2.74 bits per heavy atom. The lowest BCUT2D eigenvalue weighted by atomic mass is 10.1. The Hall–Kier alpha value is -3.31. The second kappa shape index (κ2) is 7.93. The summed E-state index contributed by atoms with van der Waals surface area (Å²) in [5, 5.41) is 19.5. The van der Waals surface area contributed by atoms with Gasteiger partial charge in [-0.3, -0.25) is 4.79 Å². The fourth-order valence-corrected chi connectivity index (χ4v) is 2.32. The summed E-state index contributed by atoms with van der Waals surface area (Å²) in [5.41, 5.74) is 9.82. The highest BCUT2D eigenvalue weighted by Crippen LogP contribution is 2.16. The average molecular weight is 391 g/mol. The van der Waals surface area contributed by atoms with Crippen LogP contribution in [0.3, 0.4) is 0 Å². The van der Waals surface area contributed by atoms with E-state index in [-0.39, 0.29) is 23.9 Å². The number of ether oxygens (including phenoxy) is 1. The molecular formula is C15H15ClN8O3. The monoisotopic (exact) mass is 390 g/mol. The quantitative estimate of drug-likeness (QED) is 0.471. The highest BCUT2D eigenvalue weighted by Gasteiger charge is 2.23. The number of nitrogen functional groups attached to an aromatic ring is 1. The van der Waals surface area contributed by atoms with E-state index in [1.807, 2.05) is 0 Å². The summed E-state index contributed by atoms with van der Waals surface area (Å²) in [6.45, 7) is 1.78. The summed E-state index contributed by atoms with van der Waals surface area (Å²) >= 11 is 5.86. The number of methoxy groups -OCH3 is 1. The van der Waals surface area contributed by atoms with Gasteiger partial charge in [0.1, 0.15) is 5.69 Å². The van der Waals surface area contributed by atoms with Crippen molar-refractivity contribution in [2.75, 3.05) is 12.8 Å². The van der Waals surface area contributed by atoms with Crippen LogP contribution < -0.4 is 11.2 Å². The number of nitrogens with zero attached hydrogens (tertiary/aromatic N) is 6. The molecule has 3 N–H and O–H groups in total. The van der Waals surface area contributed by atoms with Crippen LogP contribution in [0.4, 0.5) is 5.82 Å². The number of carbonyl (C=O) groups is 1. The van der Waals surface area contributed by atoms with Crippen LogP contribution in [0.15, 0.2) is 34.0 Å². The van der Waals surface area contributed by atoms with E-state index in [2.05, 4.69) is 35.8 Å². The molecule has 0 bridgehead atoms. The van der Waals surface area contributed by atoms with Crippen molar-refractivity contribution in [2.45, 2.75) is 13.5 Å². The number of amides is 1. The van der Waals surface area contributed by atoms with Gasteiger partial charge < -0.3 is 10.5 Å². The maximum absolute atomic E-state index is 12.5. The van der Waals surface area contributed by atoms with Crippen molar-refractivity contribution < 1.29 is 14.2 Å². The molecule has 0 aliphatic heterocycles. The molecule has 11 nitrogen and oxygen atoms in total. The first kappa shape index (κ1) is 18.5. The summed E-state index contributed by atoms with van der Waals surface area (Å²) in [5.74, 6) is -0.466. The van der Waals surface area contributed by atoms with Crippen LogP contribution in [-0.2, 0) is 11.3 Å². The molecule has 1 aromatic carbocycles. The van der Waals surface area contributed by atoms with Crippen LogP contribution in [0.5, 0.6) is 0 Å². The number of hydrogen-bond acceptors (Lipinski definition) is 9. The van der Waals surface area contributed by atoms with E-state index in [0.717, 1.165) is 5.56 Å². The number of rotatable bonds is 6. The van der Waals surface area contributed by atoms with Crippen LogP contribution in [0.25, 0.3) is 5.82 Å². The fraction of sp³-hybridized carbons (Fsp3) is 0.200. The van der Waals surface area contributed by atoms with E-state index < -0.39 is 5.91 Å². The van der Waals surface area contributed by atoms with Crippen molar-refractivity contribution in [3.8, 4) is 5.82 Å². The molecule has 0 atom stereocenters. The van der Waals surface area contributed by atoms with E-state index in [0.29, 0.717) is 16.4 Å². The molecule has 0 unspecified atom stereocenters. The molecule has 1 amide bonds. The number of nitrogens with two attached hydrogens (primary N) is 1. The summed E-state index contributed by atoms with van der Waals surface area (Å²) in [7, 11) is 1.46. The van der Waals surface area contributed by atoms with Gasteiger partial charge in [0.25, 0.3) is 5.91 Å². The van der Waals surface area contributed by atoms with Crippen molar-refractivity contribution in [1.82, 2.24) is 30.7 Å². The Morgan fingerprint density at radius 2 is 2.11 bits per heavy atom. The SMILES string of the molecule is COCc1c(C(=O)N/N=C(\C)c2ccc(Cl)cc2)nnn1-c1nonc1N. The van der Waals surface area contributed by atoms with E-state index in [4.69, 9.17) is 22.1 Å². The Kier molecular flexibility index (Phi) is 5.43. The van der Waals surface area contributed by atoms with Gasteiger partial charge in [-0.2, -0.15) is 9.78 Å². The molecule has 0 fully saturated rings. The molecule has 2 heterocycles. The van der Waals surface area contributed by atoms with Gasteiger partial charge in [-0.05, 0) is 34.9 Å². The Morgan fingerprint density at radius 1 is 1.37 bits per heavy atom. The molecule has 0 saturated carbocycles. The Balaban J connectivity index is 1.84. The van der Waals surface area contributed by atoms with Gasteiger partial charge in [-0.25, -0.2) is 10.1 Å². The highest BCUT2D eigenvalue weighted by atomic mass is 35.5. The normalized spacial score (nSPS) is 11.6. The maximum atomic E-state index is 12.5. The predicted octanol–water partition coefficient (Wildman–Crippen LogP) is 1.19. The predicted molar refractivity (Wildman–Crippen MR) is 95.5 cm³/mol. The highest BCUT2D eigenvalue weighted by molar-refractivity contribution is 6.30. The van der Waals surface area contributed by atoms with Crippen LogP contribution >= 0.6 is 11.6 Å². The molecule has 0 saturated heterocycles. The summed E-state index contributed by atoms with van der Waals surface area (Å²) < 4.78 is 10.9. The summed E-state index contributed by atoms with van der Waals surface area (Å²) in [6, 6.07) is 7.05. The minimum atomic E-state index is -0.573. The van der Waals surface area contributed by atoms with E-state index in [9.17, 15) is 4.79 Å². The van der Waals surface area contributed by atoms with Crippen molar-refractivity contribution in [1.29, 1.82) is 0 Å². The van der Waals surface area contributed by atoms with Gasteiger partial charge in [-0.15, -0.1) is 5.10 Å². The second-order valence-corrected chi connectivity index (χ2v) is 5.78. The van der Waals surface area contributed by atoms with Crippen LogP contribution in [0, 0.1) is 0 Å². The molecule has 27 heavy (non-hydrogen) atoms. The second-order valence-electron chi connectivity index (χ2n) is 5.35. The van der Waals surface area contributed by atoms with Gasteiger partial charge in [0.05, 0.1) is 12.3 Å². The molecule has 0 radical (unpaired) electrons. The lowest BCUT2D eigenvalue weighted by Crippen LogP contribution is -2.22. The van der Waals surface area contributed by atoms with Gasteiger partial charge in [0.2, 0.25) is 11.6 Å². The standard InChI is InChI=1S/C15H15ClN8O3/c1-8(9-3-5-10(16)6-4-9)18-20-15(25)12-11(7-26-2)24(23-19-12)14-13(17)21-27-22-14/h3-6H,7H2,1-2H3,(H2,17,21)(H,20,25)/b18-8+. The number of aromatic nitrogens is 5. The number of hydrogen-bond donors (Lipinski definition) is 2. The zero-order chi connectivity index (χ0) is 19.4. The van der Waals surface area contributed by atoms with Gasteiger partial charge in [0, 0.05) is 12.1 Å². The lowest BCUT2D eigenvalue weighted by molar-refractivity contribution is 0.0944. The smallest absolute Gasteiger partial charge is 0.293 e. The third kappa shape index (κ3) is 3.93. The summed E-state index contributed by atoms with van der Waals surface area (Å²) in [6.07, 6.45) is 0. The zero-order valence-corrected chi connectivity index (χ0v) is 15.1. The minimum Gasteiger partial charge on any atom is -0.378 e. The molecule has 2 aromatic heterocycles. The van der Waals surface area contributed by atoms with Crippen molar-refractivity contribution in [3.63, 3.8) is 0 Å². The fourth-order valence-electron chi connectivity index (χ4n) is 2.20. The lowest BCUT2D eigenvalue weighted by Gasteiger charge is -2.05. The number of hydrazone groups is 1. The van der Waals surface area contributed by atoms with E-state index in [1.54, 1.807) is 31.2 Å². The number of nitrogens with one attached hydrogen (secondary N) is 1. The Labute approximate surface area is 158 Å². The Bertz CT molecular complexity index is 979. The van der Waals surface area contributed by atoms with Crippen molar-refractivity contribution in [3.05, 3.63) is 46.2 Å². The number of anilines is 1. The van der Waals surface area contributed by atoms with Gasteiger partial charge in [0.15, 0.2) is 5.69 Å². The molecule has 0 spiro atoms. The van der Waals surface area contributed by atoms with Gasteiger partial charge in [-0.1, -0.05) is 28.9 Å². The molecule has 0 aliphatic rings. The largest absolute Gasteiger partial charge is 0.378 e. The van der Waals surface area contributed by atoms with E-state index in [1.165, 1.54) is 11.8 Å². The number of benzene rings is 1. The van der Waals surface area contributed by atoms with Crippen LogP contribution in [-0.4, -0.2) is 44.0 Å². The first-order valence-corrected chi connectivity index (χ1v) is 8.01. The maximum Gasteiger partial charge on any atom is 0.293 e. The van der Waals surface area contributed by atoms with Crippen LogP contribution in [0.1, 0.15) is 28.7 Å². The van der Waals surface area contributed by atoms with Crippen LogP contribution in [0.2, 0.25) is 5.02 Å². The van der Waals surface area contributed by atoms with E-state index >= 15 is 0 Å². The minimum absolute atomic E-state index is 0.000755. The summed E-state index contributed by atoms with van der Waals surface area (Å²) in [4.78, 5) is 12.5. The molecular weight excluding hydrogens is 376 g/mol. The molecule has 12 heteroatoms. The third-order valence-electron chi connectivity index (χ3n) is 3.54. The average Bonchev–Trinajstić information content (AvgIpc) is 3.26. The molecule has 3 aromatic rings. The first-order chi connectivity index (χ1) is 13.0.